The molecule has 0 radical (unpaired) electrons. The molecule has 6 heteroatoms. The van der Waals surface area contributed by atoms with E-state index in [1.54, 1.807) is 11.3 Å². The van der Waals surface area contributed by atoms with Crippen molar-refractivity contribution >= 4 is 17.3 Å². The Kier molecular flexibility index (Phi) is 8.25. The number of ether oxygens (including phenoxy) is 1. The Morgan fingerprint density at radius 3 is 2.68 bits per heavy atom. The number of benzene rings is 1. The van der Waals surface area contributed by atoms with E-state index in [0.717, 1.165) is 54.9 Å². The van der Waals surface area contributed by atoms with Crippen LogP contribution in [-0.2, 0) is 6.42 Å². The molecule has 1 aromatic carbocycles. The van der Waals surface area contributed by atoms with Gasteiger partial charge in [0.25, 0.3) is 0 Å². The molecule has 0 unspecified atom stereocenters. The largest absolute Gasteiger partial charge is 0.494 e. The summed E-state index contributed by atoms with van der Waals surface area (Å²) in [7, 11) is 0. The third-order valence-corrected chi connectivity index (χ3v) is 4.37. The number of nitrogens with zero attached hydrogens (tertiary/aromatic N) is 2. The quantitative estimate of drug-likeness (QED) is 0.409. The normalized spacial score (nSPS) is 11.4. The SMILES string of the molecule is CCNC(=NCCCOc1ccc(C)cc1)NCCc1csc(C)n1. The van der Waals surface area contributed by atoms with E-state index in [1.165, 1.54) is 5.56 Å². The molecule has 0 fully saturated rings. The smallest absolute Gasteiger partial charge is 0.191 e. The molecule has 1 heterocycles. The van der Waals surface area contributed by atoms with Gasteiger partial charge in [0.15, 0.2) is 5.96 Å². The molecular formula is C19H28N4OS. The molecule has 0 aliphatic carbocycles. The van der Waals surface area contributed by atoms with Crippen molar-refractivity contribution < 1.29 is 4.74 Å². The van der Waals surface area contributed by atoms with Crippen molar-refractivity contribution in [3.8, 4) is 5.75 Å². The molecule has 0 spiro atoms. The lowest BCUT2D eigenvalue weighted by molar-refractivity contribution is 0.313. The first-order chi connectivity index (χ1) is 12.2. The van der Waals surface area contributed by atoms with Crippen molar-refractivity contribution in [3.05, 3.63) is 45.9 Å². The van der Waals surface area contributed by atoms with Crippen LogP contribution in [0.3, 0.4) is 0 Å². The second kappa shape index (κ2) is 10.7. The Bertz CT molecular complexity index is 652. The molecule has 25 heavy (non-hydrogen) atoms. The number of hydrogen-bond acceptors (Lipinski definition) is 4. The van der Waals surface area contributed by atoms with Gasteiger partial charge in [-0.15, -0.1) is 11.3 Å². The number of aryl methyl sites for hydroxylation is 2. The minimum absolute atomic E-state index is 0.671. The van der Waals surface area contributed by atoms with Crippen LogP contribution in [0.5, 0.6) is 5.75 Å². The number of aliphatic imine (C=N–C) groups is 1. The predicted molar refractivity (Wildman–Crippen MR) is 106 cm³/mol. The van der Waals surface area contributed by atoms with Crippen LogP contribution in [0.15, 0.2) is 34.6 Å². The fraction of sp³-hybridized carbons (Fsp3) is 0.474. The minimum atomic E-state index is 0.671. The maximum Gasteiger partial charge on any atom is 0.191 e. The molecule has 0 aliphatic rings. The molecule has 0 aliphatic heterocycles. The van der Waals surface area contributed by atoms with E-state index in [-0.39, 0.29) is 0 Å². The highest BCUT2D eigenvalue weighted by Gasteiger charge is 2.00. The minimum Gasteiger partial charge on any atom is -0.494 e. The molecule has 2 N–H and O–H groups in total. The summed E-state index contributed by atoms with van der Waals surface area (Å²) in [4.78, 5) is 9.07. The molecule has 2 aromatic rings. The lowest BCUT2D eigenvalue weighted by Gasteiger charge is -2.11. The maximum atomic E-state index is 5.73. The average molecular weight is 361 g/mol. The van der Waals surface area contributed by atoms with Crippen LogP contribution in [0, 0.1) is 13.8 Å². The van der Waals surface area contributed by atoms with E-state index in [9.17, 15) is 0 Å². The number of hydrogen-bond donors (Lipinski definition) is 2. The van der Waals surface area contributed by atoms with Crippen molar-refractivity contribution in [1.82, 2.24) is 15.6 Å². The van der Waals surface area contributed by atoms with Crippen LogP contribution in [0.25, 0.3) is 0 Å². The first-order valence-electron chi connectivity index (χ1n) is 8.80. The topological polar surface area (TPSA) is 58.5 Å². The summed E-state index contributed by atoms with van der Waals surface area (Å²) in [6.07, 6.45) is 1.79. The van der Waals surface area contributed by atoms with Crippen molar-refractivity contribution in [2.45, 2.75) is 33.6 Å². The first-order valence-corrected chi connectivity index (χ1v) is 9.68. The Labute approximate surface area is 154 Å². The van der Waals surface area contributed by atoms with Crippen LogP contribution in [0.2, 0.25) is 0 Å². The van der Waals surface area contributed by atoms with Crippen molar-refractivity contribution in [2.24, 2.45) is 4.99 Å². The van der Waals surface area contributed by atoms with Crippen LogP contribution in [0.4, 0.5) is 0 Å². The van der Waals surface area contributed by atoms with Gasteiger partial charge in [-0.2, -0.15) is 0 Å². The molecule has 5 nitrogen and oxygen atoms in total. The van der Waals surface area contributed by atoms with Crippen LogP contribution in [0.1, 0.15) is 29.6 Å². The summed E-state index contributed by atoms with van der Waals surface area (Å²) in [5, 5.41) is 9.85. The second-order valence-corrected chi connectivity index (χ2v) is 6.87. The van der Waals surface area contributed by atoms with Gasteiger partial charge in [-0.1, -0.05) is 17.7 Å². The summed E-state index contributed by atoms with van der Waals surface area (Å²) in [6, 6.07) is 8.13. The molecule has 0 saturated carbocycles. The zero-order chi connectivity index (χ0) is 17.9. The Morgan fingerprint density at radius 1 is 1.20 bits per heavy atom. The second-order valence-electron chi connectivity index (χ2n) is 5.81. The van der Waals surface area contributed by atoms with Crippen LogP contribution in [-0.4, -0.2) is 37.2 Å². The van der Waals surface area contributed by atoms with Gasteiger partial charge in [0.1, 0.15) is 5.75 Å². The summed E-state index contributed by atoms with van der Waals surface area (Å²) in [5.41, 5.74) is 2.38. The molecule has 0 bridgehead atoms. The van der Waals surface area contributed by atoms with E-state index >= 15 is 0 Å². The Balaban J connectivity index is 1.66. The van der Waals surface area contributed by atoms with E-state index in [4.69, 9.17) is 4.74 Å². The number of nitrogens with one attached hydrogen (secondary N) is 2. The predicted octanol–water partition coefficient (Wildman–Crippen LogP) is 3.33. The van der Waals surface area contributed by atoms with E-state index in [0.29, 0.717) is 6.61 Å². The number of aromatic nitrogens is 1. The third kappa shape index (κ3) is 7.56. The molecule has 2 rings (SSSR count). The Hall–Kier alpha value is -2.08. The molecule has 0 saturated heterocycles. The van der Waals surface area contributed by atoms with Crippen molar-refractivity contribution in [3.63, 3.8) is 0 Å². The van der Waals surface area contributed by atoms with Gasteiger partial charge in [0.2, 0.25) is 0 Å². The van der Waals surface area contributed by atoms with Gasteiger partial charge in [0.05, 0.1) is 17.3 Å². The monoisotopic (exact) mass is 360 g/mol. The average Bonchev–Trinajstić information content (AvgIpc) is 3.01. The molecule has 0 amide bonds. The highest BCUT2D eigenvalue weighted by molar-refractivity contribution is 7.09. The Morgan fingerprint density at radius 2 is 2.00 bits per heavy atom. The summed E-state index contributed by atoms with van der Waals surface area (Å²) in [5.74, 6) is 1.77. The van der Waals surface area contributed by atoms with Gasteiger partial charge in [-0.3, -0.25) is 4.99 Å². The molecule has 0 atom stereocenters. The van der Waals surface area contributed by atoms with Gasteiger partial charge < -0.3 is 15.4 Å². The van der Waals surface area contributed by atoms with Crippen LogP contribution < -0.4 is 15.4 Å². The first kappa shape index (κ1) is 19.2. The van der Waals surface area contributed by atoms with E-state index in [1.807, 2.05) is 19.1 Å². The van der Waals surface area contributed by atoms with Gasteiger partial charge in [0, 0.05) is 37.9 Å². The lowest BCUT2D eigenvalue weighted by Crippen LogP contribution is -2.38. The van der Waals surface area contributed by atoms with E-state index in [2.05, 4.69) is 52.0 Å². The van der Waals surface area contributed by atoms with E-state index < -0.39 is 0 Å². The summed E-state index contributed by atoms with van der Waals surface area (Å²) < 4.78 is 5.73. The van der Waals surface area contributed by atoms with Crippen molar-refractivity contribution in [2.75, 3.05) is 26.2 Å². The van der Waals surface area contributed by atoms with Gasteiger partial charge in [-0.05, 0) is 32.9 Å². The van der Waals surface area contributed by atoms with Gasteiger partial charge in [-0.25, -0.2) is 4.98 Å². The number of thiazole rings is 1. The fourth-order valence-electron chi connectivity index (χ4n) is 2.25. The molecule has 136 valence electrons. The lowest BCUT2D eigenvalue weighted by atomic mass is 10.2. The standard InChI is InChI=1S/C19H28N4OS/c1-4-20-19(22-12-10-17-14-25-16(3)23-17)21-11-5-13-24-18-8-6-15(2)7-9-18/h6-9,14H,4-5,10-13H2,1-3H3,(H2,20,21,22). The van der Waals surface area contributed by atoms with Crippen molar-refractivity contribution in [1.29, 1.82) is 0 Å². The highest BCUT2D eigenvalue weighted by Crippen LogP contribution is 2.11. The van der Waals surface area contributed by atoms with Gasteiger partial charge >= 0.3 is 0 Å². The highest BCUT2D eigenvalue weighted by atomic mass is 32.1. The third-order valence-electron chi connectivity index (χ3n) is 3.55. The summed E-state index contributed by atoms with van der Waals surface area (Å²) in [6.45, 7) is 9.26. The van der Waals surface area contributed by atoms with Crippen LogP contribution >= 0.6 is 11.3 Å². The molecular weight excluding hydrogens is 332 g/mol. The summed E-state index contributed by atoms with van der Waals surface area (Å²) >= 11 is 1.69. The zero-order valence-electron chi connectivity index (χ0n) is 15.3. The zero-order valence-corrected chi connectivity index (χ0v) is 16.2. The maximum absolute atomic E-state index is 5.73. The fourth-order valence-corrected chi connectivity index (χ4v) is 2.90. The number of guanidine groups is 1. The molecule has 1 aromatic heterocycles. The number of rotatable bonds is 9.